The zero-order valence-electron chi connectivity index (χ0n) is 16.0. The summed E-state index contributed by atoms with van der Waals surface area (Å²) in [7, 11) is 0. The first-order valence-corrected chi connectivity index (χ1v) is 10.0. The van der Waals surface area contributed by atoms with Gasteiger partial charge in [0.25, 0.3) is 5.56 Å². The maximum Gasteiger partial charge on any atom is 0.262 e. The second kappa shape index (κ2) is 7.92. The van der Waals surface area contributed by atoms with Crippen LogP contribution in [0.2, 0.25) is 0 Å². The predicted molar refractivity (Wildman–Crippen MR) is 115 cm³/mol. The van der Waals surface area contributed by atoms with E-state index < -0.39 is 0 Å². The van der Waals surface area contributed by atoms with Gasteiger partial charge in [-0.2, -0.15) is 5.10 Å². The number of aromatic nitrogens is 4. The number of benzene rings is 2. The Balaban J connectivity index is 1.60. The van der Waals surface area contributed by atoms with E-state index in [2.05, 4.69) is 20.4 Å². The van der Waals surface area contributed by atoms with Crippen molar-refractivity contribution < 1.29 is 4.79 Å². The summed E-state index contributed by atoms with van der Waals surface area (Å²) in [5.74, 6) is -0.0481. The molecule has 0 atom stereocenters. The third-order valence-corrected chi connectivity index (χ3v) is 5.49. The number of rotatable bonds is 5. The molecule has 2 aromatic carbocycles. The van der Waals surface area contributed by atoms with E-state index in [-0.39, 0.29) is 17.2 Å². The molecule has 1 amide bonds. The SMILES string of the molecule is Cc1cccc(-n2ncc3c(=O)[nH]c(SCC(=O)Nc4ccccc4)nc32)c1C. The highest BCUT2D eigenvalue weighted by Gasteiger charge is 2.14. The molecule has 146 valence electrons. The number of fused-ring (bicyclic) bond motifs is 1. The molecule has 8 heteroatoms. The third kappa shape index (κ3) is 3.93. The van der Waals surface area contributed by atoms with Crippen molar-refractivity contribution in [3.8, 4) is 5.69 Å². The van der Waals surface area contributed by atoms with Crippen molar-refractivity contribution in [1.82, 2.24) is 19.7 Å². The van der Waals surface area contributed by atoms with Gasteiger partial charge in [0.1, 0.15) is 5.39 Å². The predicted octanol–water partition coefficient (Wildman–Crippen LogP) is 3.46. The van der Waals surface area contributed by atoms with E-state index in [0.717, 1.165) is 22.5 Å². The largest absolute Gasteiger partial charge is 0.325 e. The lowest BCUT2D eigenvalue weighted by Gasteiger charge is -2.09. The molecule has 0 aliphatic carbocycles. The fraction of sp³-hybridized carbons (Fsp3) is 0.143. The van der Waals surface area contributed by atoms with Gasteiger partial charge in [-0.3, -0.25) is 9.59 Å². The molecule has 0 unspecified atom stereocenters. The van der Waals surface area contributed by atoms with Crippen LogP contribution in [-0.4, -0.2) is 31.4 Å². The molecule has 4 rings (SSSR count). The van der Waals surface area contributed by atoms with Crippen molar-refractivity contribution in [2.24, 2.45) is 0 Å². The van der Waals surface area contributed by atoms with Gasteiger partial charge < -0.3 is 10.3 Å². The first kappa shape index (κ1) is 18.9. The van der Waals surface area contributed by atoms with Crippen LogP contribution in [0.1, 0.15) is 11.1 Å². The summed E-state index contributed by atoms with van der Waals surface area (Å²) < 4.78 is 1.67. The molecule has 2 aromatic heterocycles. The molecule has 0 aliphatic rings. The number of aryl methyl sites for hydroxylation is 1. The van der Waals surface area contributed by atoms with Gasteiger partial charge in [0.05, 0.1) is 17.6 Å². The lowest BCUT2D eigenvalue weighted by Crippen LogP contribution is -2.15. The van der Waals surface area contributed by atoms with Crippen LogP contribution in [0.4, 0.5) is 5.69 Å². The molecule has 29 heavy (non-hydrogen) atoms. The maximum absolute atomic E-state index is 12.5. The summed E-state index contributed by atoms with van der Waals surface area (Å²) in [4.78, 5) is 31.9. The number of H-pyrrole nitrogens is 1. The van der Waals surface area contributed by atoms with Gasteiger partial charge in [-0.15, -0.1) is 0 Å². The number of aromatic amines is 1. The lowest BCUT2D eigenvalue weighted by molar-refractivity contribution is -0.113. The molecule has 0 fully saturated rings. The first-order chi connectivity index (χ1) is 14.0. The van der Waals surface area contributed by atoms with Gasteiger partial charge in [-0.1, -0.05) is 42.1 Å². The highest BCUT2D eigenvalue weighted by atomic mass is 32.2. The minimum Gasteiger partial charge on any atom is -0.325 e. The molecule has 0 bridgehead atoms. The standard InChI is InChI=1S/C21H19N5O2S/c1-13-7-6-10-17(14(13)2)26-19-16(11-22-26)20(28)25-21(24-19)29-12-18(27)23-15-8-4-3-5-9-15/h3-11H,12H2,1-2H3,(H,23,27)(H,24,25,28). The zero-order valence-corrected chi connectivity index (χ0v) is 16.8. The number of hydrogen-bond donors (Lipinski definition) is 2. The van der Waals surface area contributed by atoms with Crippen molar-refractivity contribution in [2.45, 2.75) is 19.0 Å². The van der Waals surface area contributed by atoms with Crippen molar-refractivity contribution in [1.29, 1.82) is 0 Å². The quantitative estimate of drug-likeness (QED) is 0.392. The summed E-state index contributed by atoms with van der Waals surface area (Å²) in [5.41, 5.74) is 3.98. The molecule has 0 radical (unpaired) electrons. The summed E-state index contributed by atoms with van der Waals surface area (Å²) in [6.07, 6.45) is 1.51. The Kier molecular flexibility index (Phi) is 5.18. The van der Waals surface area contributed by atoms with Crippen molar-refractivity contribution in [3.63, 3.8) is 0 Å². The highest BCUT2D eigenvalue weighted by molar-refractivity contribution is 7.99. The minimum absolute atomic E-state index is 0.126. The van der Waals surface area contributed by atoms with Crippen LogP contribution < -0.4 is 10.9 Å². The van der Waals surface area contributed by atoms with Gasteiger partial charge in [-0.05, 0) is 43.2 Å². The van der Waals surface area contributed by atoms with E-state index in [1.807, 2.05) is 62.4 Å². The fourth-order valence-electron chi connectivity index (χ4n) is 2.96. The van der Waals surface area contributed by atoms with Gasteiger partial charge in [0.15, 0.2) is 10.8 Å². The van der Waals surface area contributed by atoms with Crippen molar-refractivity contribution in [3.05, 3.63) is 76.2 Å². The smallest absolute Gasteiger partial charge is 0.262 e. The topological polar surface area (TPSA) is 92.7 Å². The maximum atomic E-state index is 12.5. The molecule has 0 saturated heterocycles. The number of thioether (sulfide) groups is 1. The number of carbonyl (C=O) groups is 1. The van der Waals surface area contributed by atoms with Gasteiger partial charge in [0.2, 0.25) is 5.91 Å². The Morgan fingerprint density at radius 2 is 1.93 bits per heavy atom. The number of amides is 1. The molecular formula is C21H19N5O2S. The molecule has 4 aromatic rings. The normalized spacial score (nSPS) is 11.0. The third-order valence-electron chi connectivity index (χ3n) is 4.62. The Bertz CT molecular complexity index is 1250. The monoisotopic (exact) mass is 405 g/mol. The average Bonchev–Trinajstić information content (AvgIpc) is 3.14. The number of para-hydroxylation sites is 1. The second-order valence-corrected chi connectivity index (χ2v) is 7.55. The Hall–Kier alpha value is -3.39. The van der Waals surface area contributed by atoms with Gasteiger partial charge in [0, 0.05) is 5.69 Å². The van der Waals surface area contributed by atoms with Crippen LogP contribution in [0.5, 0.6) is 0 Å². The highest BCUT2D eigenvalue weighted by Crippen LogP contribution is 2.21. The Labute approximate surface area is 171 Å². The fourth-order valence-corrected chi connectivity index (χ4v) is 3.62. The number of hydrogen-bond acceptors (Lipinski definition) is 5. The summed E-state index contributed by atoms with van der Waals surface area (Å²) in [6, 6.07) is 15.1. The summed E-state index contributed by atoms with van der Waals surface area (Å²) in [5, 5.41) is 7.96. The van der Waals surface area contributed by atoms with Crippen molar-refractivity contribution in [2.75, 3.05) is 11.1 Å². The van der Waals surface area contributed by atoms with E-state index in [1.165, 1.54) is 18.0 Å². The zero-order chi connectivity index (χ0) is 20.4. The van der Waals surface area contributed by atoms with E-state index in [0.29, 0.717) is 16.2 Å². The number of nitrogens with zero attached hydrogens (tertiary/aromatic N) is 3. The van der Waals surface area contributed by atoms with Crippen LogP contribution >= 0.6 is 11.8 Å². The van der Waals surface area contributed by atoms with Crippen LogP contribution in [0.25, 0.3) is 16.7 Å². The van der Waals surface area contributed by atoms with Crippen LogP contribution in [0.15, 0.2) is 64.7 Å². The van der Waals surface area contributed by atoms with Crippen LogP contribution in [-0.2, 0) is 4.79 Å². The Morgan fingerprint density at radius 1 is 1.14 bits per heavy atom. The molecule has 7 nitrogen and oxygen atoms in total. The van der Waals surface area contributed by atoms with Crippen molar-refractivity contribution >= 4 is 34.4 Å². The summed E-state index contributed by atoms with van der Waals surface area (Å²) in [6.45, 7) is 4.03. The number of nitrogens with one attached hydrogen (secondary N) is 2. The minimum atomic E-state index is -0.280. The number of anilines is 1. The van der Waals surface area contributed by atoms with E-state index in [9.17, 15) is 9.59 Å². The second-order valence-electron chi connectivity index (χ2n) is 6.59. The molecule has 0 aliphatic heterocycles. The lowest BCUT2D eigenvalue weighted by atomic mass is 10.1. The van der Waals surface area contributed by atoms with Gasteiger partial charge >= 0.3 is 0 Å². The van der Waals surface area contributed by atoms with Crippen LogP contribution in [0, 0.1) is 13.8 Å². The molecular weight excluding hydrogens is 386 g/mol. The summed E-state index contributed by atoms with van der Waals surface area (Å²) >= 11 is 1.17. The molecule has 2 N–H and O–H groups in total. The van der Waals surface area contributed by atoms with Crippen LogP contribution in [0.3, 0.4) is 0 Å². The van der Waals surface area contributed by atoms with E-state index >= 15 is 0 Å². The van der Waals surface area contributed by atoms with E-state index in [4.69, 9.17) is 0 Å². The molecule has 2 heterocycles. The molecule has 0 saturated carbocycles. The Morgan fingerprint density at radius 3 is 2.72 bits per heavy atom. The first-order valence-electron chi connectivity index (χ1n) is 9.05. The van der Waals surface area contributed by atoms with Gasteiger partial charge in [-0.25, -0.2) is 9.67 Å². The number of carbonyl (C=O) groups excluding carboxylic acids is 1. The average molecular weight is 405 g/mol. The van der Waals surface area contributed by atoms with E-state index in [1.54, 1.807) is 4.68 Å². The molecule has 0 spiro atoms.